The van der Waals surface area contributed by atoms with Crippen molar-refractivity contribution in [3.05, 3.63) is 94.0 Å². The van der Waals surface area contributed by atoms with Crippen LogP contribution in [0.3, 0.4) is 0 Å². The van der Waals surface area contributed by atoms with Crippen LogP contribution in [0.25, 0.3) is 10.9 Å². The largest absolute Gasteiger partial charge is 0.494 e. The summed E-state index contributed by atoms with van der Waals surface area (Å²) in [5.74, 6) is -0.940. The standard InChI is InChI=1S/C26H24ClN3O3/c1-2-28-15-16-6-9-20(10-7-16)29-25(18-5-3-4-17(12-18)13-23(31)32)24-21-11-8-19(27)14-22(21)30-26(24)33/h3-12,14,28,30,33H,2,13,15H2,1H3,(H,31,32). The van der Waals surface area contributed by atoms with E-state index in [1.165, 1.54) is 0 Å². The van der Waals surface area contributed by atoms with Gasteiger partial charge in [-0.05, 0) is 48.0 Å². The van der Waals surface area contributed by atoms with Crippen molar-refractivity contribution < 1.29 is 15.0 Å². The van der Waals surface area contributed by atoms with Crippen LogP contribution >= 0.6 is 11.6 Å². The first kappa shape index (κ1) is 22.6. The number of benzene rings is 3. The average Bonchev–Trinajstić information content (AvgIpc) is 3.11. The number of aromatic amines is 1. The normalized spacial score (nSPS) is 11.8. The summed E-state index contributed by atoms with van der Waals surface area (Å²) in [5, 5.41) is 24.6. The number of carbonyl (C=O) groups is 1. The molecule has 0 amide bonds. The van der Waals surface area contributed by atoms with Crippen molar-refractivity contribution >= 4 is 39.9 Å². The number of H-pyrrole nitrogens is 1. The molecular weight excluding hydrogens is 438 g/mol. The predicted octanol–water partition coefficient (Wildman–Crippen LogP) is 5.43. The summed E-state index contributed by atoms with van der Waals surface area (Å²) in [5.41, 5.74) is 4.97. The van der Waals surface area contributed by atoms with Gasteiger partial charge in [0.1, 0.15) is 0 Å². The van der Waals surface area contributed by atoms with E-state index in [-0.39, 0.29) is 12.3 Å². The number of hydrogen-bond donors (Lipinski definition) is 4. The molecule has 0 unspecified atom stereocenters. The Balaban J connectivity index is 1.86. The topological polar surface area (TPSA) is 97.7 Å². The fraction of sp³-hybridized carbons (Fsp3) is 0.154. The highest BCUT2D eigenvalue weighted by Crippen LogP contribution is 2.33. The Morgan fingerprint density at radius 2 is 1.85 bits per heavy atom. The fourth-order valence-electron chi connectivity index (χ4n) is 3.75. The molecule has 0 aliphatic heterocycles. The van der Waals surface area contributed by atoms with Crippen LogP contribution in [0.2, 0.25) is 5.02 Å². The Kier molecular flexibility index (Phi) is 6.77. The molecule has 3 aromatic carbocycles. The molecule has 0 saturated heterocycles. The number of halogens is 1. The molecule has 6 nitrogen and oxygen atoms in total. The third kappa shape index (κ3) is 5.25. The number of aliphatic imine (C=N–C) groups is 1. The van der Waals surface area contributed by atoms with Crippen molar-refractivity contribution in [2.24, 2.45) is 4.99 Å². The Hall–Kier alpha value is -3.61. The van der Waals surface area contributed by atoms with Gasteiger partial charge in [0.2, 0.25) is 0 Å². The number of rotatable bonds is 8. The molecule has 0 saturated carbocycles. The molecule has 0 spiro atoms. The van der Waals surface area contributed by atoms with Crippen molar-refractivity contribution in [1.82, 2.24) is 10.3 Å². The first-order chi connectivity index (χ1) is 15.9. The maximum Gasteiger partial charge on any atom is 0.307 e. The highest BCUT2D eigenvalue weighted by Gasteiger charge is 2.19. The lowest BCUT2D eigenvalue weighted by atomic mass is 9.98. The van der Waals surface area contributed by atoms with Crippen LogP contribution in [0.15, 0.2) is 71.7 Å². The fourth-order valence-corrected chi connectivity index (χ4v) is 3.92. The van der Waals surface area contributed by atoms with Crippen molar-refractivity contribution in [2.45, 2.75) is 19.9 Å². The van der Waals surface area contributed by atoms with E-state index in [2.05, 4.69) is 17.2 Å². The Morgan fingerprint density at radius 3 is 2.58 bits per heavy atom. The van der Waals surface area contributed by atoms with Gasteiger partial charge in [-0.1, -0.05) is 54.9 Å². The van der Waals surface area contributed by atoms with Crippen molar-refractivity contribution in [1.29, 1.82) is 0 Å². The van der Waals surface area contributed by atoms with E-state index in [9.17, 15) is 15.0 Å². The molecular formula is C26H24ClN3O3. The lowest BCUT2D eigenvalue weighted by Crippen LogP contribution is -2.11. The number of nitrogens with one attached hydrogen (secondary N) is 2. The lowest BCUT2D eigenvalue weighted by molar-refractivity contribution is -0.136. The number of hydrogen-bond acceptors (Lipinski definition) is 4. The quantitative estimate of drug-likeness (QED) is 0.263. The molecule has 0 radical (unpaired) electrons. The minimum absolute atomic E-state index is 0.0292. The van der Waals surface area contributed by atoms with Gasteiger partial charge >= 0.3 is 5.97 Å². The highest BCUT2D eigenvalue weighted by molar-refractivity contribution is 6.31. The molecule has 0 aliphatic carbocycles. The summed E-state index contributed by atoms with van der Waals surface area (Å²) in [6, 6.07) is 20.4. The lowest BCUT2D eigenvalue weighted by Gasteiger charge is -2.10. The van der Waals surface area contributed by atoms with Gasteiger partial charge in [0.25, 0.3) is 0 Å². The van der Waals surface area contributed by atoms with Crippen LogP contribution < -0.4 is 5.32 Å². The molecule has 168 valence electrons. The summed E-state index contributed by atoms with van der Waals surface area (Å²) >= 11 is 6.13. The van der Waals surface area contributed by atoms with Gasteiger partial charge < -0.3 is 20.5 Å². The van der Waals surface area contributed by atoms with Gasteiger partial charge in [-0.2, -0.15) is 0 Å². The summed E-state index contributed by atoms with van der Waals surface area (Å²) in [6.07, 6.45) is -0.101. The highest BCUT2D eigenvalue weighted by atomic mass is 35.5. The number of carboxylic acid groups (broad SMARTS) is 1. The van der Waals surface area contributed by atoms with Crippen LogP contribution in [0.5, 0.6) is 5.88 Å². The second kappa shape index (κ2) is 9.90. The number of nitrogens with zero attached hydrogens (tertiary/aromatic N) is 1. The molecule has 0 fully saturated rings. The summed E-state index contributed by atoms with van der Waals surface area (Å²) < 4.78 is 0. The molecule has 33 heavy (non-hydrogen) atoms. The first-order valence-corrected chi connectivity index (χ1v) is 11.0. The van der Waals surface area contributed by atoms with Gasteiger partial charge in [-0.3, -0.25) is 4.79 Å². The smallest absolute Gasteiger partial charge is 0.307 e. The second-order valence-electron chi connectivity index (χ2n) is 7.72. The zero-order valence-corrected chi connectivity index (χ0v) is 18.9. The molecule has 0 atom stereocenters. The van der Waals surface area contributed by atoms with Crippen molar-refractivity contribution in [3.63, 3.8) is 0 Å². The minimum Gasteiger partial charge on any atom is -0.494 e. The molecule has 0 bridgehead atoms. The van der Waals surface area contributed by atoms with Crippen LogP contribution in [0.1, 0.15) is 29.2 Å². The van der Waals surface area contributed by atoms with Gasteiger partial charge in [0, 0.05) is 22.5 Å². The van der Waals surface area contributed by atoms with Crippen molar-refractivity contribution in [2.75, 3.05) is 6.54 Å². The van der Waals surface area contributed by atoms with Crippen LogP contribution in [-0.2, 0) is 17.8 Å². The molecule has 1 aromatic heterocycles. The molecule has 0 aliphatic rings. The summed E-state index contributed by atoms with van der Waals surface area (Å²) in [6.45, 7) is 3.72. The maximum absolute atomic E-state index is 11.2. The molecule has 7 heteroatoms. The van der Waals surface area contributed by atoms with Crippen LogP contribution in [0.4, 0.5) is 5.69 Å². The van der Waals surface area contributed by atoms with E-state index in [0.717, 1.165) is 29.7 Å². The maximum atomic E-state index is 11.2. The van der Waals surface area contributed by atoms with E-state index >= 15 is 0 Å². The van der Waals surface area contributed by atoms with Gasteiger partial charge in [-0.25, -0.2) is 4.99 Å². The van der Waals surface area contributed by atoms with Crippen LogP contribution in [-0.4, -0.2) is 33.4 Å². The number of aromatic nitrogens is 1. The molecule has 4 N–H and O–H groups in total. The zero-order chi connectivity index (χ0) is 23.4. The van der Waals surface area contributed by atoms with Crippen LogP contribution in [0, 0.1) is 0 Å². The first-order valence-electron chi connectivity index (χ1n) is 10.6. The van der Waals surface area contributed by atoms with E-state index in [4.69, 9.17) is 16.6 Å². The number of aliphatic carboxylic acids is 1. The third-order valence-electron chi connectivity index (χ3n) is 5.29. The van der Waals surface area contributed by atoms with E-state index in [1.807, 2.05) is 36.4 Å². The Labute approximate surface area is 196 Å². The number of aromatic hydroxyl groups is 1. The number of fused-ring (bicyclic) bond motifs is 1. The zero-order valence-electron chi connectivity index (χ0n) is 18.1. The number of carboxylic acids is 1. The van der Waals surface area contributed by atoms with E-state index in [0.29, 0.717) is 32.9 Å². The van der Waals surface area contributed by atoms with Gasteiger partial charge in [0.15, 0.2) is 5.88 Å². The molecule has 4 rings (SSSR count). The average molecular weight is 462 g/mol. The Bertz CT molecular complexity index is 1330. The van der Waals surface area contributed by atoms with E-state index in [1.54, 1.807) is 30.3 Å². The second-order valence-corrected chi connectivity index (χ2v) is 8.15. The monoisotopic (exact) mass is 461 g/mol. The van der Waals surface area contributed by atoms with Crippen molar-refractivity contribution in [3.8, 4) is 5.88 Å². The Morgan fingerprint density at radius 1 is 1.06 bits per heavy atom. The third-order valence-corrected chi connectivity index (χ3v) is 5.52. The van der Waals surface area contributed by atoms with Gasteiger partial charge in [0.05, 0.1) is 28.9 Å². The van der Waals surface area contributed by atoms with Gasteiger partial charge in [-0.15, -0.1) is 0 Å². The summed E-state index contributed by atoms with van der Waals surface area (Å²) in [4.78, 5) is 19.1. The van der Waals surface area contributed by atoms with E-state index < -0.39 is 5.97 Å². The predicted molar refractivity (Wildman–Crippen MR) is 132 cm³/mol. The minimum atomic E-state index is -0.911. The SMILES string of the molecule is CCNCc1ccc(N=C(c2cccc(CC(=O)O)c2)c2c(O)[nH]c3cc(Cl)ccc23)cc1. The molecule has 4 aromatic rings. The molecule has 1 heterocycles. The summed E-state index contributed by atoms with van der Waals surface area (Å²) in [7, 11) is 0.